The molecule has 0 spiro atoms. The van der Waals surface area contributed by atoms with Gasteiger partial charge in [0.25, 0.3) is 0 Å². The van der Waals surface area contributed by atoms with Crippen molar-refractivity contribution >= 4 is 0 Å². The van der Waals surface area contributed by atoms with Crippen LogP contribution in [0.15, 0.2) is 0 Å². The van der Waals surface area contributed by atoms with E-state index in [9.17, 15) is 0 Å². The van der Waals surface area contributed by atoms with Crippen LogP contribution in [0.1, 0.15) is 52.4 Å². The van der Waals surface area contributed by atoms with Crippen LogP contribution in [0.4, 0.5) is 0 Å². The van der Waals surface area contributed by atoms with Crippen LogP contribution in [0.5, 0.6) is 0 Å². The molecule has 2 fully saturated rings. The molecule has 1 saturated carbocycles. The zero-order valence-corrected chi connectivity index (χ0v) is 13.4. The van der Waals surface area contributed by atoms with Crippen LogP contribution >= 0.6 is 0 Å². The van der Waals surface area contributed by atoms with Gasteiger partial charge in [0.15, 0.2) is 0 Å². The maximum absolute atomic E-state index is 3.32. The van der Waals surface area contributed by atoms with Gasteiger partial charge in [-0.2, -0.15) is 0 Å². The number of nitrogens with one attached hydrogen (secondary N) is 1. The first-order valence-corrected chi connectivity index (χ1v) is 8.16. The minimum Gasteiger partial charge on any atom is -0.320 e. The molecule has 0 aromatic carbocycles. The molecule has 2 aliphatic rings. The van der Waals surface area contributed by atoms with Crippen LogP contribution in [-0.2, 0) is 0 Å². The Bertz CT molecular complexity index is 271. The minimum atomic E-state index is 0.373. The van der Waals surface area contributed by atoms with Crippen molar-refractivity contribution in [3.05, 3.63) is 0 Å². The highest BCUT2D eigenvalue weighted by molar-refractivity contribution is 4.94. The zero-order chi connectivity index (χ0) is 13.9. The molecule has 1 aliphatic heterocycles. The number of hydrogen-bond donors (Lipinski definition) is 1. The fourth-order valence-electron chi connectivity index (χ4n) is 3.87. The van der Waals surface area contributed by atoms with Crippen molar-refractivity contribution in [3.63, 3.8) is 0 Å². The van der Waals surface area contributed by atoms with E-state index in [1.54, 1.807) is 0 Å². The Morgan fingerprint density at radius 2 is 1.89 bits per heavy atom. The molecule has 2 rings (SSSR count). The summed E-state index contributed by atoms with van der Waals surface area (Å²) < 4.78 is 0. The average molecular weight is 267 g/mol. The molecule has 1 aliphatic carbocycles. The number of likely N-dealkylation sites (N-methyl/N-ethyl adjacent to an activating group) is 1. The van der Waals surface area contributed by atoms with E-state index in [0.29, 0.717) is 5.54 Å². The Morgan fingerprint density at radius 1 is 1.21 bits per heavy atom. The molecule has 0 aromatic rings. The van der Waals surface area contributed by atoms with Crippen LogP contribution in [-0.4, -0.2) is 61.2 Å². The molecule has 19 heavy (non-hydrogen) atoms. The first-order valence-electron chi connectivity index (χ1n) is 8.16. The molecule has 1 saturated heterocycles. The van der Waals surface area contributed by atoms with Gasteiger partial charge in [0, 0.05) is 24.2 Å². The SMILES string of the molecule is CNCCC1CN(C2CCCC2)C(C)(C)CCN1C. The maximum atomic E-state index is 3.32. The minimum absolute atomic E-state index is 0.373. The van der Waals surface area contributed by atoms with Crippen LogP contribution in [0.2, 0.25) is 0 Å². The lowest BCUT2D eigenvalue weighted by Crippen LogP contribution is -2.51. The molecule has 1 atom stereocenters. The molecule has 0 amide bonds. The quantitative estimate of drug-likeness (QED) is 0.843. The molecule has 1 unspecified atom stereocenters. The fraction of sp³-hybridized carbons (Fsp3) is 1.00. The molecular formula is C16H33N3. The van der Waals surface area contributed by atoms with Crippen LogP contribution < -0.4 is 5.32 Å². The Kier molecular flexibility index (Phi) is 5.27. The van der Waals surface area contributed by atoms with Crippen molar-refractivity contribution in [2.24, 2.45) is 0 Å². The lowest BCUT2D eigenvalue weighted by molar-refractivity contribution is 0.0657. The molecule has 1 N–H and O–H groups in total. The number of hydrogen-bond acceptors (Lipinski definition) is 3. The van der Waals surface area contributed by atoms with E-state index in [1.807, 2.05) is 0 Å². The fourth-order valence-corrected chi connectivity index (χ4v) is 3.87. The van der Waals surface area contributed by atoms with Crippen molar-refractivity contribution in [2.45, 2.75) is 70.0 Å². The summed E-state index contributed by atoms with van der Waals surface area (Å²) in [6.45, 7) is 8.55. The molecule has 3 heteroatoms. The second kappa shape index (κ2) is 6.55. The van der Waals surface area contributed by atoms with Crippen molar-refractivity contribution in [3.8, 4) is 0 Å². The highest BCUT2D eigenvalue weighted by Crippen LogP contribution is 2.33. The summed E-state index contributed by atoms with van der Waals surface area (Å²) in [5, 5.41) is 3.32. The van der Waals surface area contributed by atoms with E-state index in [4.69, 9.17) is 0 Å². The summed E-state index contributed by atoms with van der Waals surface area (Å²) in [6, 6.07) is 1.56. The largest absolute Gasteiger partial charge is 0.320 e. The Balaban J connectivity index is 2.07. The van der Waals surface area contributed by atoms with Gasteiger partial charge in [-0.05, 0) is 66.7 Å². The van der Waals surface area contributed by atoms with E-state index in [1.165, 1.54) is 51.6 Å². The summed E-state index contributed by atoms with van der Waals surface area (Å²) in [7, 11) is 4.38. The molecular weight excluding hydrogens is 234 g/mol. The summed E-state index contributed by atoms with van der Waals surface area (Å²) in [4.78, 5) is 5.44. The van der Waals surface area contributed by atoms with Crippen molar-refractivity contribution in [1.82, 2.24) is 15.1 Å². The van der Waals surface area contributed by atoms with Crippen molar-refractivity contribution in [1.29, 1.82) is 0 Å². The molecule has 3 nitrogen and oxygen atoms in total. The van der Waals surface area contributed by atoms with Gasteiger partial charge in [0.05, 0.1) is 0 Å². The van der Waals surface area contributed by atoms with Crippen LogP contribution in [0.3, 0.4) is 0 Å². The average Bonchev–Trinajstić information content (AvgIpc) is 2.86. The highest BCUT2D eigenvalue weighted by Gasteiger charge is 2.38. The monoisotopic (exact) mass is 267 g/mol. The van der Waals surface area contributed by atoms with Crippen LogP contribution in [0.25, 0.3) is 0 Å². The van der Waals surface area contributed by atoms with Gasteiger partial charge < -0.3 is 10.2 Å². The molecule has 112 valence electrons. The van der Waals surface area contributed by atoms with Gasteiger partial charge >= 0.3 is 0 Å². The van der Waals surface area contributed by atoms with Gasteiger partial charge in [0.2, 0.25) is 0 Å². The Morgan fingerprint density at radius 3 is 2.53 bits per heavy atom. The highest BCUT2D eigenvalue weighted by atomic mass is 15.3. The van der Waals surface area contributed by atoms with E-state index in [0.717, 1.165) is 18.6 Å². The lowest BCUT2D eigenvalue weighted by atomic mass is 9.95. The smallest absolute Gasteiger partial charge is 0.0232 e. The predicted molar refractivity (Wildman–Crippen MR) is 82.6 cm³/mol. The molecule has 0 aromatic heterocycles. The zero-order valence-electron chi connectivity index (χ0n) is 13.4. The predicted octanol–water partition coefficient (Wildman–Crippen LogP) is 2.32. The Labute approximate surface area is 119 Å². The van der Waals surface area contributed by atoms with E-state index in [2.05, 4.69) is 43.1 Å². The van der Waals surface area contributed by atoms with E-state index in [-0.39, 0.29) is 0 Å². The first-order chi connectivity index (χ1) is 9.04. The lowest BCUT2D eigenvalue weighted by Gasteiger charge is -2.42. The van der Waals surface area contributed by atoms with Crippen molar-refractivity contribution < 1.29 is 0 Å². The van der Waals surface area contributed by atoms with Gasteiger partial charge in [-0.1, -0.05) is 12.8 Å². The number of nitrogens with zero attached hydrogens (tertiary/aromatic N) is 2. The first kappa shape index (κ1) is 15.3. The third-order valence-electron chi connectivity index (χ3n) is 5.38. The second-order valence-electron chi connectivity index (χ2n) is 7.18. The normalized spacial score (nSPS) is 30.6. The standard InChI is InChI=1S/C16H33N3/c1-16(2)10-12-18(4)15(9-11-17-3)13-19(16)14-7-5-6-8-14/h14-15,17H,5-13H2,1-4H3. The molecule has 1 heterocycles. The summed E-state index contributed by atoms with van der Waals surface area (Å²) >= 11 is 0. The van der Waals surface area contributed by atoms with E-state index < -0.39 is 0 Å². The maximum Gasteiger partial charge on any atom is 0.0232 e. The molecule has 0 radical (unpaired) electrons. The van der Waals surface area contributed by atoms with Gasteiger partial charge in [-0.15, -0.1) is 0 Å². The van der Waals surface area contributed by atoms with Crippen LogP contribution in [0, 0.1) is 0 Å². The molecule has 0 bridgehead atoms. The summed E-state index contributed by atoms with van der Waals surface area (Å²) in [6.07, 6.45) is 8.29. The number of rotatable bonds is 4. The summed E-state index contributed by atoms with van der Waals surface area (Å²) in [5.41, 5.74) is 0.373. The van der Waals surface area contributed by atoms with Crippen molar-refractivity contribution in [2.75, 3.05) is 33.7 Å². The third-order valence-corrected chi connectivity index (χ3v) is 5.38. The Hall–Kier alpha value is -0.120. The van der Waals surface area contributed by atoms with Gasteiger partial charge in [-0.3, -0.25) is 4.90 Å². The van der Waals surface area contributed by atoms with Gasteiger partial charge in [0.1, 0.15) is 0 Å². The van der Waals surface area contributed by atoms with E-state index >= 15 is 0 Å². The summed E-state index contributed by atoms with van der Waals surface area (Å²) in [5.74, 6) is 0. The third kappa shape index (κ3) is 3.71. The topological polar surface area (TPSA) is 18.5 Å². The second-order valence-corrected chi connectivity index (χ2v) is 7.18. The van der Waals surface area contributed by atoms with Gasteiger partial charge in [-0.25, -0.2) is 0 Å².